The second-order valence-corrected chi connectivity index (χ2v) is 8.71. The predicted octanol–water partition coefficient (Wildman–Crippen LogP) is 3.59. The molecule has 6 nitrogen and oxygen atoms in total. The summed E-state index contributed by atoms with van der Waals surface area (Å²) in [6, 6.07) is 17.0. The van der Waals surface area contributed by atoms with Crippen LogP contribution in [-0.4, -0.2) is 26.8 Å². The number of aromatic nitrogens is 2. The van der Waals surface area contributed by atoms with E-state index in [1.54, 1.807) is 23.6 Å². The van der Waals surface area contributed by atoms with Crippen molar-refractivity contribution in [3.63, 3.8) is 0 Å². The molecule has 3 aromatic rings. The van der Waals surface area contributed by atoms with E-state index >= 15 is 0 Å². The summed E-state index contributed by atoms with van der Waals surface area (Å²) >= 11 is 1.20. The van der Waals surface area contributed by atoms with Crippen LogP contribution in [0.25, 0.3) is 16.6 Å². The third-order valence-corrected chi connectivity index (χ3v) is 6.40. The highest BCUT2D eigenvalue weighted by Crippen LogP contribution is 2.39. The van der Waals surface area contributed by atoms with Gasteiger partial charge >= 0.3 is 0 Å². The van der Waals surface area contributed by atoms with E-state index in [-0.39, 0.29) is 23.1 Å². The molecule has 0 radical (unpaired) electrons. The van der Waals surface area contributed by atoms with Crippen molar-refractivity contribution in [2.45, 2.75) is 37.4 Å². The van der Waals surface area contributed by atoms with Crippen molar-refractivity contribution in [1.82, 2.24) is 14.9 Å². The Morgan fingerprint density at radius 3 is 2.67 bits per heavy atom. The summed E-state index contributed by atoms with van der Waals surface area (Å²) in [6.45, 7) is 3.71. The summed E-state index contributed by atoms with van der Waals surface area (Å²) in [4.78, 5) is 30.5. The number of benzene rings is 2. The molecule has 1 N–H and O–H groups in total. The maximum atomic E-state index is 13.3. The Balaban J connectivity index is 1.69. The van der Waals surface area contributed by atoms with Gasteiger partial charge in [0.1, 0.15) is 5.54 Å². The molecule has 30 heavy (non-hydrogen) atoms. The van der Waals surface area contributed by atoms with Crippen LogP contribution in [0, 0.1) is 24.2 Å². The van der Waals surface area contributed by atoms with Crippen molar-refractivity contribution in [2.75, 3.05) is 5.75 Å². The smallest absolute Gasteiger partial charge is 0.266 e. The van der Waals surface area contributed by atoms with Crippen LogP contribution in [0.2, 0.25) is 0 Å². The molecular weight excluding hydrogens is 396 g/mol. The number of amides is 1. The summed E-state index contributed by atoms with van der Waals surface area (Å²) < 4.78 is 1.57. The van der Waals surface area contributed by atoms with Crippen LogP contribution < -0.4 is 10.9 Å². The highest BCUT2D eigenvalue weighted by Gasteiger charge is 2.43. The molecule has 1 fully saturated rings. The lowest BCUT2D eigenvalue weighted by molar-refractivity contribution is -0.119. The average Bonchev–Trinajstić information content (AvgIpc) is 3.59. The largest absolute Gasteiger partial charge is 0.337 e. The molecule has 1 aromatic heterocycles. The zero-order valence-corrected chi connectivity index (χ0v) is 17.7. The van der Waals surface area contributed by atoms with Crippen molar-refractivity contribution in [3.8, 4) is 11.8 Å². The first-order valence-electron chi connectivity index (χ1n) is 9.86. The molecule has 1 heterocycles. The lowest BCUT2D eigenvalue weighted by atomic mass is 9.98. The van der Waals surface area contributed by atoms with Crippen LogP contribution in [0.3, 0.4) is 0 Å². The van der Waals surface area contributed by atoms with Crippen LogP contribution in [0.1, 0.15) is 25.3 Å². The number of hydrogen-bond donors (Lipinski definition) is 1. The van der Waals surface area contributed by atoms with Crippen LogP contribution in [0.15, 0.2) is 58.5 Å². The van der Waals surface area contributed by atoms with Gasteiger partial charge in [0.25, 0.3) is 5.56 Å². The van der Waals surface area contributed by atoms with Gasteiger partial charge in [-0.3, -0.25) is 14.2 Å². The highest BCUT2D eigenvalue weighted by atomic mass is 32.2. The minimum absolute atomic E-state index is 0.0701. The van der Waals surface area contributed by atoms with Gasteiger partial charge in [-0.2, -0.15) is 5.26 Å². The number of aryl methyl sites for hydroxylation is 1. The van der Waals surface area contributed by atoms with Crippen molar-refractivity contribution in [1.29, 1.82) is 5.26 Å². The number of para-hydroxylation sites is 2. The number of carbonyl (C=O) groups is 1. The van der Waals surface area contributed by atoms with Crippen molar-refractivity contribution < 1.29 is 4.79 Å². The molecule has 0 bridgehead atoms. The number of rotatable bonds is 6. The molecule has 7 heteroatoms. The van der Waals surface area contributed by atoms with Crippen LogP contribution in [0.5, 0.6) is 0 Å². The fourth-order valence-electron chi connectivity index (χ4n) is 3.57. The van der Waals surface area contributed by atoms with Crippen LogP contribution in [-0.2, 0) is 4.79 Å². The monoisotopic (exact) mass is 418 g/mol. The maximum absolute atomic E-state index is 13.3. The summed E-state index contributed by atoms with van der Waals surface area (Å²) in [5.41, 5.74) is 1.26. The summed E-state index contributed by atoms with van der Waals surface area (Å²) in [5, 5.41) is 13.3. The van der Waals surface area contributed by atoms with Gasteiger partial charge in [-0.1, -0.05) is 42.1 Å². The molecule has 1 aliphatic rings. The first-order chi connectivity index (χ1) is 14.4. The van der Waals surface area contributed by atoms with Gasteiger partial charge in [0.2, 0.25) is 5.91 Å². The van der Waals surface area contributed by atoms with E-state index in [2.05, 4.69) is 16.4 Å². The second kappa shape index (κ2) is 7.96. The summed E-state index contributed by atoms with van der Waals surface area (Å²) in [5.74, 6) is 0.0378. The Bertz CT molecular complexity index is 1230. The molecule has 4 rings (SSSR count). The van der Waals surface area contributed by atoms with Gasteiger partial charge in [0, 0.05) is 0 Å². The van der Waals surface area contributed by atoms with Crippen LogP contribution >= 0.6 is 11.8 Å². The number of hydrogen-bond acceptors (Lipinski definition) is 5. The average molecular weight is 419 g/mol. The Morgan fingerprint density at radius 2 is 1.97 bits per heavy atom. The molecular formula is C23H22N4O2S. The highest BCUT2D eigenvalue weighted by molar-refractivity contribution is 7.99. The SMILES string of the molecule is Cc1ccccc1-n1c(SCC(=O)N[C@](C)(C#N)C2CC2)nc2ccccc2c1=O. The normalized spacial score (nSPS) is 15.4. The van der Waals surface area contributed by atoms with Crippen molar-refractivity contribution in [2.24, 2.45) is 5.92 Å². The molecule has 1 atom stereocenters. The van der Waals surface area contributed by atoms with Gasteiger partial charge < -0.3 is 5.32 Å². The Kier molecular flexibility index (Phi) is 5.35. The number of carbonyl (C=O) groups excluding carboxylic acids is 1. The molecule has 152 valence electrons. The molecule has 0 aliphatic heterocycles. The fourth-order valence-corrected chi connectivity index (χ4v) is 4.38. The van der Waals surface area contributed by atoms with Gasteiger partial charge in [0.05, 0.1) is 28.4 Å². The lowest BCUT2D eigenvalue weighted by Crippen LogP contribution is -2.47. The zero-order valence-electron chi connectivity index (χ0n) is 16.9. The fraction of sp³-hybridized carbons (Fsp3) is 0.304. The van der Waals surface area contributed by atoms with Gasteiger partial charge in [-0.25, -0.2) is 4.98 Å². The molecule has 1 amide bonds. The van der Waals surface area contributed by atoms with Gasteiger partial charge in [-0.05, 0) is 56.4 Å². The van der Waals surface area contributed by atoms with E-state index in [0.717, 1.165) is 24.1 Å². The number of thioether (sulfide) groups is 1. The number of fused-ring (bicyclic) bond motifs is 1. The Hall–Kier alpha value is -3.11. The van der Waals surface area contributed by atoms with E-state index in [0.29, 0.717) is 16.1 Å². The zero-order chi connectivity index (χ0) is 21.3. The van der Waals surface area contributed by atoms with Crippen LogP contribution in [0.4, 0.5) is 0 Å². The quantitative estimate of drug-likeness (QED) is 0.488. The molecule has 1 aliphatic carbocycles. The van der Waals surface area contributed by atoms with E-state index in [9.17, 15) is 14.9 Å². The molecule has 0 unspecified atom stereocenters. The predicted molar refractivity (Wildman–Crippen MR) is 118 cm³/mol. The minimum Gasteiger partial charge on any atom is -0.337 e. The van der Waals surface area contributed by atoms with E-state index in [1.165, 1.54) is 11.8 Å². The Morgan fingerprint density at radius 1 is 1.27 bits per heavy atom. The molecule has 1 saturated carbocycles. The summed E-state index contributed by atoms with van der Waals surface area (Å²) in [7, 11) is 0. The van der Waals surface area contributed by atoms with E-state index in [4.69, 9.17) is 0 Å². The first kappa shape index (κ1) is 20.2. The third-order valence-electron chi connectivity index (χ3n) is 5.46. The van der Waals surface area contributed by atoms with Gasteiger partial charge in [-0.15, -0.1) is 0 Å². The first-order valence-corrected chi connectivity index (χ1v) is 10.8. The maximum Gasteiger partial charge on any atom is 0.266 e. The number of nitriles is 1. The van der Waals surface area contributed by atoms with E-state index in [1.807, 2.05) is 43.3 Å². The Labute approximate surface area is 178 Å². The van der Waals surface area contributed by atoms with Crippen molar-refractivity contribution >= 4 is 28.6 Å². The van der Waals surface area contributed by atoms with Crippen molar-refractivity contribution in [3.05, 3.63) is 64.4 Å². The third kappa shape index (κ3) is 3.83. The minimum atomic E-state index is -0.843. The second-order valence-electron chi connectivity index (χ2n) is 7.76. The molecule has 0 saturated heterocycles. The van der Waals surface area contributed by atoms with Gasteiger partial charge in [0.15, 0.2) is 5.16 Å². The number of nitrogens with zero attached hydrogens (tertiary/aromatic N) is 3. The molecule has 2 aromatic carbocycles. The van der Waals surface area contributed by atoms with E-state index < -0.39 is 5.54 Å². The lowest BCUT2D eigenvalue weighted by Gasteiger charge is -2.22. The molecule has 0 spiro atoms. The number of nitrogens with one attached hydrogen (secondary N) is 1. The standard InChI is InChI=1S/C23H22N4O2S/c1-15-7-3-6-10-19(15)27-21(29)17-8-4-5-9-18(17)25-22(27)30-13-20(28)26-23(2,14-24)16-11-12-16/h3-10,16H,11-13H2,1-2H3,(H,26,28)/t23-/m1/s1. The summed E-state index contributed by atoms with van der Waals surface area (Å²) in [6.07, 6.45) is 1.91. The topological polar surface area (TPSA) is 87.8 Å².